The predicted molar refractivity (Wildman–Crippen MR) is 78.8 cm³/mol. The van der Waals surface area contributed by atoms with Gasteiger partial charge in [-0.05, 0) is 18.2 Å². The highest BCUT2D eigenvalue weighted by Gasteiger charge is 2.28. The minimum absolute atomic E-state index is 0.441. The summed E-state index contributed by atoms with van der Waals surface area (Å²) in [5.41, 5.74) is -1.80. The Bertz CT molecular complexity index is 793. The van der Waals surface area contributed by atoms with Crippen molar-refractivity contribution in [3.8, 4) is 0 Å². The molecule has 4 N–H and O–H groups in total. The first-order chi connectivity index (χ1) is 12.0. The first-order valence-corrected chi connectivity index (χ1v) is 6.83. The summed E-state index contributed by atoms with van der Waals surface area (Å²) in [6.07, 6.45) is -1.85. The molecule has 1 atom stereocenters. The van der Waals surface area contributed by atoms with Gasteiger partial charge in [0.25, 0.3) is 0 Å². The zero-order chi connectivity index (χ0) is 20.0. The molecule has 0 saturated carbocycles. The molecule has 0 aliphatic rings. The average molecular weight is 368 g/mol. The molecule has 0 saturated heterocycles. The lowest BCUT2D eigenvalue weighted by Gasteiger charge is -2.10. The molecule has 26 heavy (non-hydrogen) atoms. The van der Waals surface area contributed by atoms with E-state index in [0.29, 0.717) is 6.07 Å². The number of hydrogen-bond acceptors (Lipinski definition) is 7. The van der Waals surface area contributed by atoms with E-state index in [9.17, 15) is 28.8 Å². The van der Waals surface area contributed by atoms with Crippen LogP contribution in [0.1, 0.15) is 43.9 Å². The maximum absolute atomic E-state index is 12.0. The lowest BCUT2D eigenvalue weighted by Crippen LogP contribution is -2.24. The molecular formula is C15H12O11. The summed E-state index contributed by atoms with van der Waals surface area (Å²) >= 11 is 0. The molecule has 0 bridgehead atoms. The summed E-state index contributed by atoms with van der Waals surface area (Å²) in [5, 5.41) is 35.3. The third kappa shape index (κ3) is 5.40. The number of rotatable bonds is 8. The normalized spacial score (nSPS) is 11.2. The Morgan fingerprint density at radius 2 is 1.46 bits per heavy atom. The van der Waals surface area contributed by atoms with E-state index in [4.69, 9.17) is 20.4 Å². The average Bonchev–Trinajstić information content (AvgIpc) is 2.52. The van der Waals surface area contributed by atoms with Crippen LogP contribution in [0.25, 0.3) is 0 Å². The summed E-state index contributed by atoms with van der Waals surface area (Å²) in [7, 11) is 0. The van der Waals surface area contributed by atoms with Crippen molar-refractivity contribution in [1.29, 1.82) is 0 Å². The third-order valence-corrected chi connectivity index (χ3v) is 3.11. The minimum Gasteiger partial charge on any atom is -0.481 e. The number of aliphatic carboxylic acids is 2. The summed E-state index contributed by atoms with van der Waals surface area (Å²) in [6.45, 7) is 0. The highest BCUT2D eigenvalue weighted by Crippen LogP contribution is 2.16. The van der Waals surface area contributed by atoms with Gasteiger partial charge in [0.1, 0.15) is 0 Å². The number of benzene rings is 1. The van der Waals surface area contributed by atoms with Crippen molar-refractivity contribution in [1.82, 2.24) is 0 Å². The van der Waals surface area contributed by atoms with E-state index >= 15 is 0 Å². The maximum atomic E-state index is 12.0. The molecule has 138 valence electrons. The van der Waals surface area contributed by atoms with Gasteiger partial charge in [-0.1, -0.05) is 0 Å². The van der Waals surface area contributed by atoms with Crippen molar-refractivity contribution >= 4 is 35.8 Å². The van der Waals surface area contributed by atoms with E-state index in [1.54, 1.807) is 0 Å². The Labute approximate surface area is 144 Å². The molecule has 1 unspecified atom stereocenters. The van der Waals surface area contributed by atoms with E-state index < -0.39 is 71.3 Å². The Morgan fingerprint density at radius 1 is 0.846 bits per heavy atom. The highest BCUT2D eigenvalue weighted by molar-refractivity contribution is 6.07. The van der Waals surface area contributed by atoms with Crippen LogP contribution in [0.4, 0.5) is 0 Å². The van der Waals surface area contributed by atoms with Gasteiger partial charge >= 0.3 is 35.8 Å². The van der Waals surface area contributed by atoms with Crippen LogP contribution in [0.3, 0.4) is 0 Å². The monoisotopic (exact) mass is 368 g/mol. The fourth-order valence-electron chi connectivity index (χ4n) is 1.89. The van der Waals surface area contributed by atoms with Gasteiger partial charge in [0.05, 0.1) is 35.4 Å². The van der Waals surface area contributed by atoms with Gasteiger partial charge in [-0.2, -0.15) is 0 Å². The lowest BCUT2D eigenvalue weighted by molar-refractivity contribution is -0.152. The van der Waals surface area contributed by atoms with Gasteiger partial charge in [0, 0.05) is 0 Å². The summed E-state index contributed by atoms with van der Waals surface area (Å²) in [6, 6.07) is 2.45. The van der Waals surface area contributed by atoms with Gasteiger partial charge in [-0.3, -0.25) is 14.4 Å². The van der Waals surface area contributed by atoms with E-state index in [1.807, 2.05) is 0 Å². The van der Waals surface area contributed by atoms with Crippen LogP contribution < -0.4 is 0 Å². The largest absolute Gasteiger partial charge is 0.481 e. The SMILES string of the molecule is O=C(O)CC(CC(=O)OC(=O)c1cc(C(=O)O)ccc1C(=O)O)C(=O)O. The number of carbonyl (C=O) groups excluding carboxylic acids is 2. The Morgan fingerprint density at radius 3 is 1.92 bits per heavy atom. The van der Waals surface area contributed by atoms with Crippen LogP contribution in [-0.4, -0.2) is 56.2 Å². The topological polar surface area (TPSA) is 193 Å². The fourth-order valence-corrected chi connectivity index (χ4v) is 1.89. The number of carboxylic acid groups (broad SMARTS) is 4. The first kappa shape index (κ1) is 20.3. The van der Waals surface area contributed by atoms with Crippen molar-refractivity contribution in [2.75, 3.05) is 0 Å². The molecule has 0 radical (unpaired) electrons. The second-order valence-corrected chi connectivity index (χ2v) is 4.97. The van der Waals surface area contributed by atoms with E-state index in [1.165, 1.54) is 0 Å². The Kier molecular flexibility index (Phi) is 6.53. The molecule has 0 aliphatic carbocycles. The number of aromatic carboxylic acids is 2. The van der Waals surface area contributed by atoms with Gasteiger partial charge < -0.3 is 25.2 Å². The quantitative estimate of drug-likeness (QED) is 0.365. The number of hydrogen-bond donors (Lipinski definition) is 4. The van der Waals surface area contributed by atoms with Crippen molar-refractivity contribution in [3.05, 3.63) is 34.9 Å². The van der Waals surface area contributed by atoms with E-state index in [-0.39, 0.29) is 0 Å². The summed E-state index contributed by atoms with van der Waals surface area (Å²) in [4.78, 5) is 67.1. The number of carbonyl (C=O) groups is 6. The molecule has 0 aromatic heterocycles. The molecule has 0 fully saturated rings. The van der Waals surface area contributed by atoms with Crippen LogP contribution in [0.5, 0.6) is 0 Å². The molecule has 1 rings (SSSR count). The number of carboxylic acids is 4. The second kappa shape index (κ2) is 8.37. The van der Waals surface area contributed by atoms with Crippen molar-refractivity contribution in [2.24, 2.45) is 5.92 Å². The van der Waals surface area contributed by atoms with Crippen LogP contribution >= 0.6 is 0 Å². The Hall–Kier alpha value is -3.76. The molecule has 0 amide bonds. The molecule has 0 spiro atoms. The summed E-state index contributed by atoms with van der Waals surface area (Å²) in [5.74, 6) is -10.7. The number of ether oxygens (including phenoxy) is 1. The molecule has 11 nitrogen and oxygen atoms in total. The fraction of sp³-hybridized carbons (Fsp3) is 0.200. The molecule has 1 aromatic rings. The van der Waals surface area contributed by atoms with Gasteiger partial charge in [0.15, 0.2) is 0 Å². The lowest BCUT2D eigenvalue weighted by atomic mass is 10.0. The molecular weight excluding hydrogens is 356 g/mol. The standard InChI is InChI=1S/C15H12O11/c16-10(17)4-7(13(21)22)5-11(18)26-15(25)9-3-6(12(19)20)1-2-8(9)14(23)24/h1-3,7H,4-5H2,(H,16,17)(H,19,20)(H,21,22)(H,23,24). The van der Waals surface area contributed by atoms with E-state index in [0.717, 1.165) is 12.1 Å². The smallest absolute Gasteiger partial charge is 0.346 e. The van der Waals surface area contributed by atoms with Crippen molar-refractivity contribution in [3.63, 3.8) is 0 Å². The second-order valence-electron chi connectivity index (χ2n) is 4.97. The molecule has 0 aliphatic heterocycles. The predicted octanol–water partition coefficient (Wildman–Crippen LogP) is 0.332. The van der Waals surface area contributed by atoms with Crippen LogP contribution in [0.2, 0.25) is 0 Å². The molecule has 1 aromatic carbocycles. The molecule has 11 heteroatoms. The zero-order valence-electron chi connectivity index (χ0n) is 12.9. The maximum Gasteiger partial charge on any atom is 0.346 e. The van der Waals surface area contributed by atoms with Crippen LogP contribution in [-0.2, 0) is 19.1 Å². The van der Waals surface area contributed by atoms with Gasteiger partial charge in [-0.25, -0.2) is 14.4 Å². The van der Waals surface area contributed by atoms with Crippen LogP contribution in [0, 0.1) is 5.92 Å². The minimum atomic E-state index is -1.66. The van der Waals surface area contributed by atoms with Crippen LogP contribution in [0.15, 0.2) is 18.2 Å². The first-order valence-electron chi connectivity index (χ1n) is 6.83. The van der Waals surface area contributed by atoms with Gasteiger partial charge in [0.2, 0.25) is 0 Å². The molecule has 0 heterocycles. The van der Waals surface area contributed by atoms with Crippen molar-refractivity contribution < 1.29 is 53.9 Å². The number of esters is 2. The Balaban J connectivity index is 3.02. The van der Waals surface area contributed by atoms with E-state index in [2.05, 4.69) is 4.74 Å². The van der Waals surface area contributed by atoms with Crippen molar-refractivity contribution in [2.45, 2.75) is 12.8 Å². The summed E-state index contributed by atoms with van der Waals surface area (Å²) < 4.78 is 4.33. The van der Waals surface area contributed by atoms with Gasteiger partial charge in [-0.15, -0.1) is 0 Å². The highest BCUT2D eigenvalue weighted by atomic mass is 16.6. The third-order valence-electron chi connectivity index (χ3n) is 3.11. The zero-order valence-corrected chi connectivity index (χ0v) is 12.9.